The van der Waals surface area contributed by atoms with Gasteiger partial charge in [-0.3, -0.25) is 9.78 Å². The van der Waals surface area contributed by atoms with E-state index in [-0.39, 0.29) is 5.92 Å². The van der Waals surface area contributed by atoms with Crippen molar-refractivity contribution in [1.29, 1.82) is 0 Å². The summed E-state index contributed by atoms with van der Waals surface area (Å²) in [6, 6.07) is 4.13. The van der Waals surface area contributed by atoms with E-state index in [1.807, 2.05) is 12.3 Å². The Morgan fingerprint density at radius 3 is 2.78 bits per heavy atom. The van der Waals surface area contributed by atoms with Gasteiger partial charge >= 0.3 is 0 Å². The molecule has 1 aromatic heterocycles. The van der Waals surface area contributed by atoms with Gasteiger partial charge < -0.3 is 0 Å². The van der Waals surface area contributed by atoms with Crippen LogP contribution in [0.15, 0.2) is 18.3 Å². The maximum absolute atomic E-state index is 12.7. The van der Waals surface area contributed by atoms with Gasteiger partial charge in [0.25, 0.3) is 0 Å². The quantitative estimate of drug-likeness (QED) is 0.793. The fourth-order valence-corrected chi connectivity index (χ4v) is 3.56. The highest BCUT2D eigenvalue weighted by Gasteiger charge is 2.32. The third kappa shape index (κ3) is 2.21. The molecule has 3 rings (SSSR count). The van der Waals surface area contributed by atoms with Gasteiger partial charge in [0.2, 0.25) is 0 Å². The van der Waals surface area contributed by atoms with Crippen LogP contribution in [0.25, 0.3) is 0 Å². The summed E-state index contributed by atoms with van der Waals surface area (Å²) in [6.07, 6.45) is 11.1. The molecule has 0 aliphatic heterocycles. The summed E-state index contributed by atoms with van der Waals surface area (Å²) >= 11 is 0. The highest BCUT2D eigenvalue weighted by atomic mass is 16.1. The van der Waals surface area contributed by atoms with E-state index in [4.69, 9.17) is 0 Å². The van der Waals surface area contributed by atoms with Crippen molar-refractivity contribution in [3.8, 4) is 0 Å². The minimum absolute atomic E-state index is 0.0954. The van der Waals surface area contributed by atoms with Crippen molar-refractivity contribution in [1.82, 2.24) is 4.98 Å². The summed E-state index contributed by atoms with van der Waals surface area (Å²) in [6.45, 7) is 0. The zero-order chi connectivity index (χ0) is 12.4. The monoisotopic (exact) mass is 243 g/mol. The summed E-state index contributed by atoms with van der Waals surface area (Å²) in [4.78, 5) is 17.2. The lowest BCUT2D eigenvalue weighted by Crippen LogP contribution is -2.27. The third-order valence-corrected chi connectivity index (χ3v) is 4.55. The minimum Gasteiger partial charge on any atom is -0.299 e. The van der Waals surface area contributed by atoms with Crippen LogP contribution in [0.2, 0.25) is 0 Å². The number of fused-ring (bicyclic) bond motifs is 1. The number of hydrogen-bond donors (Lipinski definition) is 0. The molecule has 18 heavy (non-hydrogen) atoms. The number of pyridine rings is 1. The molecule has 0 saturated heterocycles. The Morgan fingerprint density at radius 2 is 1.94 bits per heavy atom. The van der Waals surface area contributed by atoms with Crippen LogP contribution in [0.4, 0.5) is 0 Å². The second-order valence-electron chi connectivity index (χ2n) is 5.73. The average Bonchev–Trinajstić information content (AvgIpc) is 2.47. The summed E-state index contributed by atoms with van der Waals surface area (Å²) in [7, 11) is 0. The Morgan fingerprint density at radius 1 is 1.11 bits per heavy atom. The number of rotatable bonds is 2. The molecule has 0 N–H and O–H groups in total. The smallest absolute Gasteiger partial charge is 0.144 e. The lowest BCUT2D eigenvalue weighted by atomic mass is 9.76. The van der Waals surface area contributed by atoms with Gasteiger partial charge in [0.1, 0.15) is 5.78 Å². The van der Waals surface area contributed by atoms with Crippen molar-refractivity contribution < 1.29 is 4.79 Å². The SMILES string of the molecule is O=C(C1CCCCC1)C1CCCc2cccnc21. The van der Waals surface area contributed by atoms with Gasteiger partial charge in [0.15, 0.2) is 0 Å². The van der Waals surface area contributed by atoms with Crippen LogP contribution < -0.4 is 0 Å². The molecule has 1 saturated carbocycles. The molecule has 0 radical (unpaired) electrons. The van der Waals surface area contributed by atoms with Crippen LogP contribution in [0, 0.1) is 5.92 Å². The first kappa shape index (κ1) is 11.9. The molecular formula is C16H21NO. The van der Waals surface area contributed by atoms with Crippen molar-refractivity contribution in [3.63, 3.8) is 0 Å². The van der Waals surface area contributed by atoms with E-state index >= 15 is 0 Å². The van der Waals surface area contributed by atoms with Gasteiger partial charge in [-0.05, 0) is 43.7 Å². The molecule has 0 amide bonds. The molecule has 1 atom stereocenters. The lowest BCUT2D eigenvalue weighted by molar-refractivity contribution is -0.125. The van der Waals surface area contributed by atoms with Crippen molar-refractivity contribution in [2.75, 3.05) is 0 Å². The standard InChI is InChI=1S/C16H21NO/c18-16(13-6-2-1-3-7-13)14-10-4-8-12-9-5-11-17-15(12)14/h5,9,11,13-14H,1-4,6-8,10H2. The van der Waals surface area contributed by atoms with Gasteiger partial charge in [0, 0.05) is 12.1 Å². The number of hydrogen-bond acceptors (Lipinski definition) is 2. The van der Waals surface area contributed by atoms with Crippen LogP contribution >= 0.6 is 0 Å². The Hall–Kier alpha value is -1.18. The second-order valence-corrected chi connectivity index (χ2v) is 5.73. The molecule has 1 heterocycles. The molecule has 96 valence electrons. The first-order valence-corrected chi connectivity index (χ1v) is 7.34. The number of aryl methyl sites for hydroxylation is 1. The first-order valence-electron chi connectivity index (χ1n) is 7.34. The van der Waals surface area contributed by atoms with E-state index in [1.54, 1.807) is 0 Å². The fourth-order valence-electron chi connectivity index (χ4n) is 3.56. The summed E-state index contributed by atoms with van der Waals surface area (Å²) in [5.74, 6) is 0.893. The first-order chi connectivity index (χ1) is 8.86. The van der Waals surface area contributed by atoms with Crippen molar-refractivity contribution in [2.24, 2.45) is 5.92 Å². The average molecular weight is 243 g/mol. The van der Waals surface area contributed by atoms with E-state index in [1.165, 1.54) is 24.8 Å². The van der Waals surface area contributed by atoms with E-state index in [2.05, 4.69) is 11.1 Å². The van der Waals surface area contributed by atoms with E-state index < -0.39 is 0 Å². The van der Waals surface area contributed by atoms with E-state index in [0.717, 1.165) is 37.8 Å². The fraction of sp³-hybridized carbons (Fsp3) is 0.625. The van der Waals surface area contributed by atoms with Gasteiger partial charge in [-0.15, -0.1) is 0 Å². The summed E-state index contributed by atoms with van der Waals surface area (Å²) in [5, 5.41) is 0. The second kappa shape index (κ2) is 5.21. The molecule has 1 aromatic rings. The predicted molar refractivity (Wildman–Crippen MR) is 71.5 cm³/mol. The normalized spacial score (nSPS) is 24.6. The molecule has 0 bridgehead atoms. The number of carbonyl (C=O) groups excluding carboxylic acids is 1. The van der Waals surface area contributed by atoms with Crippen molar-refractivity contribution in [2.45, 2.75) is 57.3 Å². The summed E-state index contributed by atoms with van der Waals surface area (Å²) < 4.78 is 0. The highest BCUT2D eigenvalue weighted by Crippen LogP contribution is 2.36. The lowest BCUT2D eigenvalue weighted by Gasteiger charge is -2.28. The largest absolute Gasteiger partial charge is 0.299 e. The maximum atomic E-state index is 12.7. The maximum Gasteiger partial charge on any atom is 0.144 e. The number of Topliss-reactive ketones (excluding diaryl/α,β-unsaturated/α-hetero) is 1. The zero-order valence-electron chi connectivity index (χ0n) is 10.9. The molecule has 2 nitrogen and oxygen atoms in total. The molecule has 0 spiro atoms. The van der Waals surface area contributed by atoms with Crippen LogP contribution in [0.3, 0.4) is 0 Å². The number of carbonyl (C=O) groups is 1. The predicted octanol–water partition coefficient (Wildman–Crippen LogP) is 3.65. The molecule has 1 unspecified atom stereocenters. The van der Waals surface area contributed by atoms with E-state index in [9.17, 15) is 4.79 Å². The Kier molecular flexibility index (Phi) is 3.44. The van der Waals surface area contributed by atoms with E-state index in [0.29, 0.717) is 11.7 Å². The minimum atomic E-state index is 0.0954. The summed E-state index contributed by atoms with van der Waals surface area (Å²) in [5.41, 5.74) is 2.39. The van der Waals surface area contributed by atoms with Gasteiger partial charge in [-0.1, -0.05) is 25.3 Å². The third-order valence-electron chi connectivity index (χ3n) is 4.55. The molecule has 2 heteroatoms. The zero-order valence-corrected chi connectivity index (χ0v) is 10.9. The number of aromatic nitrogens is 1. The molecule has 2 aliphatic rings. The Labute approximate surface area is 109 Å². The highest BCUT2D eigenvalue weighted by molar-refractivity contribution is 5.88. The number of ketones is 1. The molecule has 0 aromatic carbocycles. The van der Waals surface area contributed by atoms with Gasteiger partial charge in [-0.2, -0.15) is 0 Å². The van der Waals surface area contributed by atoms with Crippen LogP contribution in [0.5, 0.6) is 0 Å². The van der Waals surface area contributed by atoms with Crippen LogP contribution in [-0.2, 0) is 11.2 Å². The Bertz CT molecular complexity index is 434. The van der Waals surface area contributed by atoms with Gasteiger partial charge in [0.05, 0.1) is 11.6 Å². The van der Waals surface area contributed by atoms with Crippen LogP contribution in [0.1, 0.15) is 62.1 Å². The van der Waals surface area contributed by atoms with Gasteiger partial charge in [-0.25, -0.2) is 0 Å². The van der Waals surface area contributed by atoms with Crippen molar-refractivity contribution in [3.05, 3.63) is 29.6 Å². The molecule has 1 fully saturated rings. The topological polar surface area (TPSA) is 30.0 Å². The number of nitrogens with zero attached hydrogens (tertiary/aromatic N) is 1. The Balaban J connectivity index is 1.82. The molecular weight excluding hydrogens is 222 g/mol. The van der Waals surface area contributed by atoms with Crippen LogP contribution in [-0.4, -0.2) is 10.8 Å². The molecule has 2 aliphatic carbocycles. The van der Waals surface area contributed by atoms with Crippen molar-refractivity contribution >= 4 is 5.78 Å².